The number of nitrogens with zero attached hydrogens (tertiary/aromatic N) is 2. The Morgan fingerprint density at radius 2 is 2.30 bits per heavy atom. The summed E-state index contributed by atoms with van der Waals surface area (Å²) >= 11 is 0. The van der Waals surface area contributed by atoms with E-state index in [2.05, 4.69) is 5.16 Å². The molecule has 0 spiro atoms. The molecule has 0 saturated carbocycles. The Bertz CT molecular complexity index is 516. The number of amidine groups is 1. The lowest BCUT2D eigenvalue weighted by Gasteiger charge is -2.24. The predicted molar refractivity (Wildman–Crippen MR) is 75.0 cm³/mol. The Morgan fingerprint density at radius 1 is 1.55 bits per heavy atom. The number of oxime groups is 1. The highest BCUT2D eigenvalue weighted by Gasteiger charge is 2.33. The molecule has 0 aromatic heterocycles. The minimum Gasteiger partial charge on any atom is -0.492 e. The highest BCUT2D eigenvalue weighted by atomic mass is 16.5. The van der Waals surface area contributed by atoms with Crippen molar-refractivity contribution in [2.24, 2.45) is 10.9 Å². The van der Waals surface area contributed by atoms with Gasteiger partial charge in [-0.05, 0) is 12.5 Å². The van der Waals surface area contributed by atoms with Crippen molar-refractivity contribution in [2.45, 2.75) is 19.3 Å². The van der Waals surface area contributed by atoms with E-state index in [-0.39, 0.29) is 24.2 Å². The number of amides is 1. The van der Waals surface area contributed by atoms with Crippen LogP contribution < -0.4 is 10.5 Å². The molecule has 6 nitrogen and oxygen atoms in total. The molecule has 108 valence electrons. The molecule has 1 aliphatic heterocycles. The van der Waals surface area contributed by atoms with Crippen molar-refractivity contribution in [1.29, 1.82) is 0 Å². The second kappa shape index (κ2) is 6.27. The summed E-state index contributed by atoms with van der Waals surface area (Å²) in [5.74, 6) is 0.415. The lowest BCUT2D eigenvalue weighted by molar-refractivity contribution is -0.132. The first-order valence-electron chi connectivity index (χ1n) is 6.64. The van der Waals surface area contributed by atoms with E-state index in [1.54, 1.807) is 4.90 Å². The molecule has 0 radical (unpaired) electrons. The monoisotopic (exact) mass is 277 g/mol. The van der Waals surface area contributed by atoms with E-state index in [0.29, 0.717) is 13.2 Å². The van der Waals surface area contributed by atoms with E-state index in [4.69, 9.17) is 15.7 Å². The fraction of sp³-hybridized carbons (Fsp3) is 0.429. The standard InChI is InChI=1S/C14H19N3O3/c1-2-7-17(8-13(15)16-19)14(18)11-9-20-12-6-4-3-5-10(11)12/h3-6,11,19H,2,7-9H2,1H3,(H2,15,16). The zero-order chi connectivity index (χ0) is 14.5. The first-order chi connectivity index (χ1) is 9.67. The molecule has 0 aliphatic carbocycles. The van der Waals surface area contributed by atoms with Gasteiger partial charge in [0.2, 0.25) is 5.91 Å². The molecule has 20 heavy (non-hydrogen) atoms. The minimum atomic E-state index is -0.316. The molecule has 1 unspecified atom stereocenters. The Hall–Kier alpha value is -2.24. The maximum absolute atomic E-state index is 12.6. The molecule has 1 aromatic rings. The average molecular weight is 277 g/mol. The topological polar surface area (TPSA) is 88.1 Å². The van der Waals surface area contributed by atoms with Crippen LogP contribution in [0.25, 0.3) is 0 Å². The number of carbonyl (C=O) groups excluding carboxylic acids is 1. The summed E-state index contributed by atoms with van der Waals surface area (Å²) < 4.78 is 5.53. The van der Waals surface area contributed by atoms with Crippen LogP contribution in [-0.2, 0) is 4.79 Å². The molecule has 1 heterocycles. The number of carbonyl (C=O) groups is 1. The van der Waals surface area contributed by atoms with Crippen molar-refractivity contribution < 1.29 is 14.7 Å². The molecule has 1 aliphatic rings. The molecular weight excluding hydrogens is 258 g/mol. The Kier molecular flexibility index (Phi) is 4.45. The first-order valence-corrected chi connectivity index (χ1v) is 6.64. The van der Waals surface area contributed by atoms with Gasteiger partial charge in [-0.25, -0.2) is 0 Å². The van der Waals surface area contributed by atoms with Crippen LogP contribution in [0.3, 0.4) is 0 Å². The van der Waals surface area contributed by atoms with E-state index >= 15 is 0 Å². The van der Waals surface area contributed by atoms with Crippen molar-refractivity contribution in [1.82, 2.24) is 4.90 Å². The van der Waals surface area contributed by atoms with Gasteiger partial charge in [0.15, 0.2) is 5.84 Å². The predicted octanol–water partition coefficient (Wildman–Crippen LogP) is 1.15. The van der Waals surface area contributed by atoms with Crippen LogP contribution in [0.1, 0.15) is 24.8 Å². The zero-order valence-corrected chi connectivity index (χ0v) is 11.5. The van der Waals surface area contributed by atoms with Crippen LogP contribution in [0.5, 0.6) is 5.75 Å². The molecule has 0 bridgehead atoms. The summed E-state index contributed by atoms with van der Waals surface area (Å²) in [7, 11) is 0. The number of para-hydroxylation sites is 1. The zero-order valence-electron chi connectivity index (χ0n) is 11.5. The molecule has 0 fully saturated rings. The van der Waals surface area contributed by atoms with E-state index < -0.39 is 0 Å². The fourth-order valence-corrected chi connectivity index (χ4v) is 2.35. The van der Waals surface area contributed by atoms with Crippen molar-refractivity contribution in [2.75, 3.05) is 19.7 Å². The highest BCUT2D eigenvalue weighted by molar-refractivity contribution is 5.90. The smallest absolute Gasteiger partial charge is 0.234 e. The van der Waals surface area contributed by atoms with E-state index in [9.17, 15) is 4.79 Å². The van der Waals surface area contributed by atoms with Gasteiger partial charge in [-0.15, -0.1) is 0 Å². The molecule has 2 rings (SSSR count). The summed E-state index contributed by atoms with van der Waals surface area (Å²) in [4.78, 5) is 14.2. The summed E-state index contributed by atoms with van der Waals surface area (Å²) in [6.45, 7) is 3.01. The van der Waals surface area contributed by atoms with Crippen LogP contribution in [0, 0.1) is 0 Å². The van der Waals surface area contributed by atoms with Crippen LogP contribution in [-0.4, -0.2) is 41.5 Å². The summed E-state index contributed by atoms with van der Waals surface area (Å²) in [6.07, 6.45) is 0.805. The van der Waals surface area contributed by atoms with Gasteiger partial charge in [0.05, 0.1) is 6.54 Å². The number of ether oxygens (including phenoxy) is 1. The largest absolute Gasteiger partial charge is 0.492 e. The van der Waals surface area contributed by atoms with E-state index in [1.807, 2.05) is 31.2 Å². The van der Waals surface area contributed by atoms with Gasteiger partial charge >= 0.3 is 0 Å². The molecule has 0 saturated heterocycles. The second-order valence-electron chi connectivity index (χ2n) is 4.75. The number of hydrogen-bond acceptors (Lipinski definition) is 4. The third-order valence-corrected chi connectivity index (χ3v) is 3.28. The normalized spacial score (nSPS) is 17.4. The Morgan fingerprint density at radius 3 is 3.00 bits per heavy atom. The Labute approximate surface area is 117 Å². The number of benzene rings is 1. The van der Waals surface area contributed by atoms with Gasteiger partial charge < -0.3 is 20.6 Å². The lowest BCUT2D eigenvalue weighted by Crippen LogP contribution is -2.42. The third kappa shape index (κ3) is 2.84. The summed E-state index contributed by atoms with van der Waals surface area (Å²) in [6, 6.07) is 7.53. The van der Waals surface area contributed by atoms with Gasteiger partial charge in [0.25, 0.3) is 0 Å². The highest BCUT2D eigenvalue weighted by Crippen LogP contribution is 2.34. The summed E-state index contributed by atoms with van der Waals surface area (Å²) in [5, 5.41) is 11.6. The van der Waals surface area contributed by atoms with E-state index in [0.717, 1.165) is 17.7 Å². The van der Waals surface area contributed by atoms with Crippen molar-refractivity contribution in [3.63, 3.8) is 0 Å². The van der Waals surface area contributed by atoms with Crippen LogP contribution in [0.15, 0.2) is 29.4 Å². The fourth-order valence-electron chi connectivity index (χ4n) is 2.35. The SMILES string of the molecule is CCCN(CC(N)=NO)C(=O)C1COc2ccccc21. The van der Waals surface area contributed by atoms with Crippen LogP contribution in [0.4, 0.5) is 0 Å². The maximum atomic E-state index is 12.6. The Balaban J connectivity index is 2.16. The van der Waals surface area contributed by atoms with Gasteiger partial charge in [0, 0.05) is 12.1 Å². The molecule has 1 aromatic carbocycles. The molecule has 6 heteroatoms. The van der Waals surface area contributed by atoms with Crippen molar-refractivity contribution >= 4 is 11.7 Å². The number of hydrogen-bond donors (Lipinski definition) is 2. The number of fused-ring (bicyclic) bond motifs is 1. The van der Waals surface area contributed by atoms with Crippen LogP contribution >= 0.6 is 0 Å². The molecular formula is C14H19N3O3. The average Bonchev–Trinajstić information content (AvgIpc) is 2.89. The van der Waals surface area contributed by atoms with E-state index in [1.165, 1.54) is 0 Å². The second-order valence-corrected chi connectivity index (χ2v) is 4.75. The van der Waals surface area contributed by atoms with Gasteiger partial charge in [-0.3, -0.25) is 4.79 Å². The quantitative estimate of drug-likeness (QED) is 0.366. The van der Waals surface area contributed by atoms with Gasteiger partial charge in [0.1, 0.15) is 18.3 Å². The summed E-state index contributed by atoms with van der Waals surface area (Å²) in [5.41, 5.74) is 6.41. The van der Waals surface area contributed by atoms with Gasteiger partial charge in [-0.1, -0.05) is 30.3 Å². The third-order valence-electron chi connectivity index (χ3n) is 3.28. The van der Waals surface area contributed by atoms with Crippen molar-refractivity contribution in [3.05, 3.63) is 29.8 Å². The first kappa shape index (κ1) is 14.2. The lowest BCUT2D eigenvalue weighted by atomic mass is 9.99. The minimum absolute atomic E-state index is 0.0269. The molecule has 1 atom stereocenters. The van der Waals surface area contributed by atoms with Gasteiger partial charge in [-0.2, -0.15) is 0 Å². The number of nitrogens with two attached hydrogens (primary N) is 1. The maximum Gasteiger partial charge on any atom is 0.234 e. The number of rotatable bonds is 5. The van der Waals surface area contributed by atoms with Crippen molar-refractivity contribution in [3.8, 4) is 5.75 Å². The molecule has 1 amide bonds. The van der Waals surface area contributed by atoms with Crippen LogP contribution in [0.2, 0.25) is 0 Å². The molecule has 3 N–H and O–H groups in total.